The van der Waals surface area contributed by atoms with Crippen LogP contribution in [0.25, 0.3) is 0 Å². The van der Waals surface area contributed by atoms with Gasteiger partial charge in [0.15, 0.2) is 0 Å². The van der Waals surface area contributed by atoms with Crippen molar-refractivity contribution in [1.82, 2.24) is 5.32 Å². The average Bonchev–Trinajstić information content (AvgIpc) is 2.07. The van der Waals surface area contributed by atoms with Gasteiger partial charge in [0.05, 0.1) is 6.61 Å². The topological polar surface area (TPSA) is 21.3 Å². The normalized spacial score (nSPS) is 28.9. The summed E-state index contributed by atoms with van der Waals surface area (Å²) in [6.45, 7) is 7.72. The lowest BCUT2D eigenvalue weighted by Gasteiger charge is -2.40. The van der Waals surface area contributed by atoms with Crippen molar-refractivity contribution in [2.45, 2.75) is 52.1 Å². The number of nitrogens with one attached hydrogen (secondary N) is 1. The van der Waals surface area contributed by atoms with Crippen LogP contribution in [0.1, 0.15) is 40.0 Å². The highest BCUT2D eigenvalue weighted by atomic mass is 16.5. The zero-order valence-electron chi connectivity index (χ0n) is 10.0. The van der Waals surface area contributed by atoms with Gasteiger partial charge < -0.3 is 10.1 Å². The molecule has 0 amide bonds. The quantitative estimate of drug-likeness (QED) is 0.709. The molecule has 2 nitrogen and oxygen atoms in total. The van der Waals surface area contributed by atoms with E-state index < -0.39 is 0 Å². The van der Waals surface area contributed by atoms with E-state index in [1.807, 2.05) is 0 Å². The summed E-state index contributed by atoms with van der Waals surface area (Å²) in [5.41, 5.74) is 0. The van der Waals surface area contributed by atoms with Gasteiger partial charge in [0.1, 0.15) is 0 Å². The predicted octanol–water partition coefficient (Wildman–Crippen LogP) is 2.44. The Bertz CT molecular complexity index is 152. The van der Waals surface area contributed by atoms with Crippen molar-refractivity contribution >= 4 is 0 Å². The van der Waals surface area contributed by atoms with Crippen LogP contribution < -0.4 is 5.32 Å². The van der Waals surface area contributed by atoms with Gasteiger partial charge in [0.2, 0.25) is 0 Å². The highest BCUT2D eigenvalue weighted by Gasteiger charge is 2.31. The van der Waals surface area contributed by atoms with Crippen LogP contribution in [0.4, 0.5) is 0 Å². The molecule has 0 spiro atoms. The molecule has 1 N–H and O–H groups in total. The van der Waals surface area contributed by atoms with Gasteiger partial charge in [0, 0.05) is 19.2 Å². The monoisotopic (exact) mass is 199 g/mol. The van der Waals surface area contributed by atoms with E-state index in [9.17, 15) is 0 Å². The molecule has 2 heteroatoms. The van der Waals surface area contributed by atoms with Crippen molar-refractivity contribution in [1.29, 1.82) is 0 Å². The summed E-state index contributed by atoms with van der Waals surface area (Å²) in [7, 11) is 1.78. The summed E-state index contributed by atoms with van der Waals surface area (Å²) in [6.07, 6.45) is 3.88. The zero-order valence-corrected chi connectivity index (χ0v) is 10.0. The minimum atomic E-state index is 0.554. The molecule has 1 unspecified atom stereocenters. The summed E-state index contributed by atoms with van der Waals surface area (Å²) in [5.74, 6) is 1.81. The molecule has 1 fully saturated rings. The lowest BCUT2D eigenvalue weighted by molar-refractivity contribution is 0.116. The highest BCUT2D eigenvalue weighted by Crippen LogP contribution is 2.33. The van der Waals surface area contributed by atoms with E-state index in [-0.39, 0.29) is 0 Å². The smallest absolute Gasteiger partial charge is 0.0615 e. The summed E-state index contributed by atoms with van der Waals surface area (Å²) < 4.78 is 5.18. The molecule has 0 bridgehead atoms. The number of methoxy groups -OCH3 is 1. The van der Waals surface area contributed by atoms with E-state index >= 15 is 0 Å². The molecule has 0 radical (unpaired) electrons. The van der Waals surface area contributed by atoms with Crippen molar-refractivity contribution in [3.05, 3.63) is 0 Å². The van der Waals surface area contributed by atoms with E-state index in [1.165, 1.54) is 12.8 Å². The van der Waals surface area contributed by atoms with Gasteiger partial charge in [-0.05, 0) is 31.1 Å². The molecule has 14 heavy (non-hydrogen) atoms. The molecular formula is C12H25NO. The first-order chi connectivity index (χ1) is 6.67. The first-order valence-electron chi connectivity index (χ1n) is 5.92. The number of rotatable bonds is 6. The summed E-state index contributed by atoms with van der Waals surface area (Å²) in [5, 5.41) is 3.66. The van der Waals surface area contributed by atoms with Crippen LogP contribution in [0.15, 0.2) is 0 Å². The van der Waals surface area contributed by atoms with Gasteiger partial charge in [-0.2, -0.15) is 0 Å². The molecule has 1 aliphatic rings. The molecule has 0 saturated heterocycles. The van der Waals surface area contributed by atoms with Crippen LogP contribution in [-0.2, 0) is 4.74 Å². The van der Waals surface area contributed by atoms with Crippen LogP contribution in [0.2, 0.25) is 0 Å². The second kappa shape index (κ2) is 5.72. The molecule has 1 aliphatic carbocycles. The van der Waals surface area contributed by atoms with E-state index in [2.05, 4.69) is 26.1 Å². The molecule has 0 aliphatic heterocycles. The van der Waals surface area contributed by atoms with Crippen molar-refractivity contribution in [2.24, 2.45) is 11.8 Å². The molecular weight excluding hydrogens is 174 g/mol. The van der Waals surface area contributed by atoms with Gasteiger partial charge in [0.25, 0.3) is 0 Å². The molecule has 0 aromatic carbocycles. The minimum absolute atomic E-state index is 0.554. The average molecular weight is 199 g/mol. The van der Waals surface area contributed by atoms with E-state index in [4.69, 9.17) is 4.74 Å². The Balaban J connectivity index is 2.14. The molecule has 0 aromatic rings. The van der Waals surface area contributed by atoms with Crippen LogP contribution in [-0.4, -0.2) is 25.8 Å². The van der Waals surface area contributed by atoms with Gasteiger partial charge in [-0.3, -0.25) is 0 Å². The molecule has 84 valence electrons. The second-order valence-electron chi connectivity index (χ2n) is 4.90. The summed E-state index contributed by atoms with van der Waals surface area (Å²) in [4.78, 5) is 0. The van der Waals surface area contributed by atoms with Crippen molar-refractivity contribution < 1.29 is 4.74 Å². The summed E-state index contributed by atoms with van der Waals surface area (Å²) >= 11 is 0. The molecule has 0 aromatic heterocycles. The van der Waals surface area contributed by atoms with Crippen LogP contribution >= 0.6 is 0 Å². The molecule has 1 rings (SSSR count). The fourth-order valence-corrected chi connectivity index (χ4v) is 2.16. The number of hydrogen-bond donors (Lipinski definition) is 1. The maximum Gasteiger partial charge on any atom is 0.0615 e. The maximum atomic E-state index is 5.18. The summed E-state index contributed by atoms with van der Waals surface area (Å²) in [6, 6.07) is 1.31. The Labute approximate surface area is 88.4 Å². The third-order valence-electron chi connectivity index (χ3n) is 3.45. The zero-order chi connectivity index (χ0) is 10.6. The van der Waals surface area contributed by atoms with Crippen molar-refractivity contribution in [3.63, 3.8) is 0 Å². The first kappa shape index (κ1) is 12.0. The minimum Gasteiger partial charge on any atom is -0.383 e. The van der Waals surface area contributed by atoms with Gasteiger partial charge in [-0.1, -0.05) is 20.8 Å². The lowest BCUT2D eigenvalue weighted by Crippen LogP contribution is -2.48. The Kier molecular flexibility index (Phi) is 4.90. The van der Waals surface area contributed by atoms with Gasteiger partial charge in [-0.25, -0.2) is 0 Å². The first-order valence-corrected chi connectivity index (χ1v) is 5.92. The third kappa shape index (κ3) is 3.25. The van der Waals surface area contributed by atoms with Gasteiger partial charge >= 0.3 is 0 Å². The Morgan fingerprint density at radius 1 is 1.36 bits per heavy atom. The van der Waals surface area contributed by atoms with Crippen molar-refractivity contribution in [3.8, 4) is 0 Å². The number of ether oxygens (including phenoxy) is 1. The fourth-order valence-electron chi connectivity index (χ4n) is 2.16. The highest BCUT2D eigenvalue weighted by molar-refractivity contribution is 4.88. The van der Waals surface area contributed by atoms with Crippen LogP contribution in [0.5, 0.6) is 0 Å². The molecule has 1 saturated carbocycles. The lowest BCUT2D eigenvalue weighted by atomic mass is 9.73. The van der Waals surface area contributed by atoms with E-state index in [0.29, 0.717) is 6.04 Å². The molecule has 1 atom stereocenters. The largest absolute Gasteiger partial charge is 0.383 e. The van der Waals surface area contributed by atoms with Crippen LogP contribution in [0.3, 0.4) is 0 Å². The Morgan fingerprint density at radius 2 is 2.00 bits per heavy atom. The maximum absolute atomic E-state index is 5.18. The third-order valence-corrected chi connectivity index (χ3v) is 3.45. The van der Waals surface area contributed by atoms with E-state index in [1.54, 1.807) is 7.11 Å². The Morgan fingerprint density at radius 3 is 2.43 bits per heavy atom. The number of hydrogen-bond acceptors (Lipinski definition) is 2. The predicted molar refractivity (Wildman–Crippen MR) is 60.4 cm³/mol. The van der Waals surface area contributed by atoms with Gasteiger partial charge in [-0.15, -0.1) is 0 Å². The second-order valence-corrected chi connectivity index (χ2v) is 4.90. The standard InChI is InChI=1S/C12H25NO/c1-5-11(8-14-4)13-12-6-10(7-12)9(2)3/h9-13H,5-8H2,1-4H3. The SMILES string of the molecule is CCC(COC)NC1CC(C(C)C)C1. The van der Waals surface area contributed by atoms with Crippen molar-refractivity contribution in [2.75, 3.05) is 13.7 Å². The van der Waals surface area contributed by atoms with E-state index in [0.717, 1.165) is 30.9 Å². The fraction of sp³-hybridized carbons (Fsp3) is 1.00. The Hall–Kier alpha value is -0.0800. The van der Waals surface area contributed by atoms with Crippen LogP contribution in [0, 0.1) is 11.8 Å². The molecule has 0 heterocycles.